The number of rotatable bonds is 5. The third kappa shape index (κ3) is 4.38. The van der Waals surface area contributed by atoms with Crippen molar-refractivity contribution in [3.05, 3.63) is 70.8 Å². The topological polar surface area (TPSA) is 29.1 Å². The number of halogens is 2. The van der Waals surface area contributed by atoms with Crippen LogP contribution in [0.5, 0.6) is 0 Å². The first-order valence-corrected chi connectivity index (χ1v) is 6.87. The van der Waals surface area contributed by atoms with Crippen molar-refractivity contribution in [3.8, 4) is 0 Å². The van der Waals surface area contributed by atoms with Gasteiger partial charge in [-0.3, -0.25) is 4.79 Å². The third-order valence-electron chi connectivity index (χ3n) is 3.27. The van der Waals surface area contributed by atoms with E-state index in [1.165, 1.54) is 11.6 Å². The van der Waals surface area contributed by atoms with Gasteiger partial charge in [0, 0.05) is 6.54 Å². The summed E-state index contributed by atoms with van der Waals surface area (Å²) in [5.74, 6) is -2.06. The standard InChI is InChI=1S/C17H17F2NO/c1-2-12-3-5-13(6-4-12)11-20-17(21)10-14-7-8-15(18)16(19)9-14/h3-9H,2,10-11H2,1H3,(H,20,21). The molecule has 0 spiro atoms. The van der Waals surface area contributed by atoms with Crippen molar-refractivity contribution >= 4 is 5.91 Å². The monoisotopic (exact) mass is 289 g/mol. The summed E-state index contributed by atoms with van der Waals surface area (Å²) in [5.41, 5.74) is 2.70. The summed E-state index contributed by atoms with van der Waals surface area (Å²) in [6.07, 6.45) is 1.01. The van der Waals surface area contributed by atoms with E-state index in [0.717, 1.165) is 24.1 Å². The summed E-state index contributed by atoms with van der Waals surface area (Å²) in [7, 11) is 0. The van der Waals surface area contributed by atoms with Crippen molar-refractivity contribution in [2.45, 2.75) is 26.3 Å². The van der Waals surface area contributed by atoms with Crippen LogP contribution >= 0.6 is 0 Å². The molecule has 2 nitrogen and oxygen atoms in total. The normalized spacial score (nSPS) is 10.4. The second-order valence-electron chi connectivity index (χ2n) is 4.87. The molecular weight excluding hydrogens is 272 g/mol. The second-order valence-corrected chi connectivity index (χ2v) is 4.87. The van der Waals surface area contributed by atoms with Crippen LogP contribution in [-0.4, -0.2) is 5.91 Å². The average molecular weight is 289 g/mol. The van der Waals surface area contributed by atoms with Crippen molar-refractivity contribution in [2.24, 2.45) is 0 Å². The van der Waals surface area contributed by atoms with Crippen LogP contribution in [0.3, 0.4) is 0 Å². The Bertz CT molecular complexity index is 623. The van der Waals surface area contributed by atoms with Gasteiger partial charge in [0.2, 0.25) is 5.91 Å². The summed E-state index contributed by atoms with van der Waals surface area (Å²) < 4.78 is 25.8. The van der Waals surface area contributed by atoms with Gasteiger partial charge in [-0.1, -0.05) is 37.3 Å². The lowest BCUT2D eigenvalue weighted by Gasteiger charge is -2.06. The van der Waals surface area contributed by atoms with E-state index >= 15 is 0 Å². The predicted molar refractivity (Wildman–Crippen MR) is 77.7 cm³/mol. The molecule has 0 aliphatic heterocycles. The van der Waals surface area contributed by atoms with Gasteiger partial charge in [0.05, 0.1) is 6.42 Å². The molecular formula is C17H17F2NO. The summed E-state index contributed by atoms with van der Waals surface area (Å²) in [6.45, 7) is 2.51. The summed E-state index contributed by atoms with van der Waals surface area (Å²) in [4.78, 5) is 11.8. The molecule has 1 amide bonds. The summed E-state index contributed by atoms with van der Waals surface area (Å²) >= 11 is 0. The van der Waals surface area contributed by atoms with E-state index in [1.807, 2.05) is 24.3 Å². The molecule has 0 fully saturated rings. The van der Waals surface area contributed by atoms with Crippen LogP contribution in [0.1, 0.15) is 23.6 Å². The molecule has 0 aromatic heterocycles. The highest BCUT2D eigenvalue weighted by atomic mass is 19.2. The van der Waals surface area contributed by atoms with E-state index in [9.17, 15) is 13.6 Å². The lowest BCUT2D eigenvalue weighted by molar-refractivity contribution is -0.120. The van der Waals surface area contributed by atoms with Crippen molar-refractivity contribution in [2.75, 3.05) is 0 Å². The molecule has 110 valence electrons. The molecule has 0 bridgehead atoms. The van der Waals surface area contributed by atoms with Gasteiger partial charge in [0.25, 0.3) is 0 Å². The third-order valence-corrected chi connectivity index (χ3v) is 3.27. The highest BCUT2D eigenvalue weighted by Crippen LogP contribution is 2.09. The van der Waals surface area contributed by atoms with E-state index in [2.05, 4.69) is 12.2 Å². The highest BCUT2D eigenvalue weighted by Gasteiger charge is 2.07. The maximum atomic E-state index is 13.0. The van der Waals surface area contributed by atoms with Gasteiger partial charge in [-0.15, -0.1) is 0 Å². The lowest BCUT2D eigenvalue weighted by Crippen LogP contribution is -2.24. The van der Waals surface area contributed by atoms with E-state index in [4.69, 9.17) is 0 Å². The molecule has 0 saturated heterocycles. The maximum Gasteiger partial charge on any atom is 0.224 e. The Morgan fingerprint density at radius 2 is 1.57 bits per heavy atom. The lowest BCUT2D eigenvalue weighted by atomic mass is 10.1. The number of amides is 1. The molecule has 0 heterocycles. The number of nitrogens with one attached hydrogen (secondary N) is 1. The van der Waals surface area contributed by atoms with E-state index in [1.54, 1.807) is 0 Å². The van der Waals surface area contributed by atoms with Crippen molar-refractivity contribution < 1.29 is 13.6 Å². The molecule has 2 rings (SSSR count). The molecule has 1 N–H and O–H groups in total. The quantitative estimate of drug-likeness (QED) is 0.898. The molecule has 2 aromatic carbocycles. The number of hydrogen-bond donors (Lipinski definition) is 1. The fourth-order valence-corrected chi connectivity index (χ4v) is 1.99. The second kappa shape index (κ2) is 6.97. The first-order valence-electron chi connectivity index (χ1n) is 6.87. The van der Waals surface area contributed by atoms with Crippen LogP contribution in [0.25, 0.3) is 0 Å². The van der Waals surface area contributed by atoms with Crippen molar-refractivity contribution in [3.63, 3.8) is 0 Å². The van der Waals surface area contributed by atoms with Crippen molar-refractivity contribution in [1.82, 2.24) is 5.32 Å². The Labute approximate surface area is 122 Å². The zero-order chi connectivity index (χ0) is 15.2. The minimum absolute atomic E-state index is 0.0320. The predicted octanol–water partition coefficient (Wildman–Crippen LogP) is 3.39. The Morgan fingerprint density at radius 1 is 0.952 bits per heavy atom. The fraction of sp³-hybridized carbons (Fsp3) is 0.235. The van der Waals surface area contributed by atoms with Crippen LogP contribution < -0.4 is 5.32 Å². The van der Waals surface area contributed by atoms with Crippen LogP contribution in [0.2, 0.25) is 0 Å². The van der Waals surface area contributed by atoms with Gasteiger partial charge in [-0.05, 0) is 35.2 Å². The molecule has 0 unspecified atom stereocenters. The Hall–Kier alpha value is -2.23. The van der Waals surface area contributed by atoms with Gasteiger partial charge >= 0.3 is 0 Å². The van der Waals surface area contributed by atoms with E-state index in [0.29, 0.717) is 12.1 Å². The minimum Gasteiger partial charge on any atom is -0.352 e. The maximum absolute atomic E-state index is 13.0. The first kappa shape index (κ1) is 15.2. The van der Waals surface area contributed by atoms with Crippen LogP contribution in [0.15, 0.2) is 42.5 Å². The molecule has 2 aromatic rings. The van der Waals surface area contributed by atoms with Crippen LogP contribution in [0.4, 0.5) is 8.78 Å². The Balaban J connectivity index is 1.87. The van der Waals surface area contributed by atoms with Gasteiger partial charge in [-0.2, -0.15) is 0 Å². The largest absolute Gasteiger partial charge is 0.352 e. The number of carbonyl (C=O) groups excluding carboxylic acids is 1. The molecule has 0 aliphatic rings. The van der Waals surface area contributed by atoms with E-state index in [-0.39, 0.29) is 12.3 Å². The van der Waals surface area contributed by atoms with Gasteiger partial charge in [0.1, 0.15) is 0 Å². The number of carbonyl (C=O) groups is 1. The zero-order valence-electron chi connectivity index (χ0n) is 11.8. The molecule has 21 heavy (non-hydrogen) atoms. The average Bonchev–Trinajstić information content (AvgIpc) is 2.49. The molecule has 0 aliphatic carbocycles. The number of aryl methyl sites for hydroxylation is 1. The summed E-state index contributed by atoms with van der Waals surface area (Å²) in [6, 6.07) is 11.5. The van der Waals surface area contributed by atoms with Gasteiger partial charge in [-0.25, -0.2) is 8.78 Å². The smallest absolute Gasteiger partial charge is 0.224 e. The minimum atomic E-state index is -0.935. The van der Waals surface area contributed by atoms with Crippen molar-refractivity contribution in [1.29, 1.82) is 0 Å². The van der Waals surface area contributed by atoms with Gasteiger partial charge < -0.3 is 5.32 Å². The van der Waals surface area contributed by atoms with Crippen LogP contribution in [-0.2, 0) is 24.2 Å². The Morgan fingerprint density at radius 3 is 2.19 bits per heavy atom. The molecule has 4 heteroatoms. The number of hydrogen-bond acceptors (Lipinski definition) is 1. The number of benzene rings is 2. The first-order chi connectivity index (χ1) is 10.1. The van der Waals surface area contributed by atoms with Crippen LogP contribution in [0, 0.1) is 11.6 Å². The SMILES string of the molecule is CCc1ccc(CNC(=O)Cc2ccc(F)c(F)c2)cc1. The zero-order valence-corrected chi connectivity index (χ0v) is 11.8. The molecule has 0 saturated carbocycles. The van der Waals surface area contributed by atoms with Gasteiger partial charge in [0.15, 0.2) is 11.6 Å². The fourth-order valence-electron chi connectivity index (χ4n) is 1.99. The Kier molecular flexibility index (Phi) is 5.04. The highest BCUT2D eigenvalue weighted by molar-refractivity contribution is 5.78. The van der Waals surface area contributed by atoms with E-state index < -0.39 is 11.6 Å². The summed E-state index contributed by atoms with van der Waals surface area (Å²) in [5, 5.41) is 2.76. The molecule has 0 atom stereocenters. The molecule has 0 radical (unpaired) electrons.